The third kappa shape index (κ3) is 1.67. The molecule has 0 bridgehead atoms. The first-order valence-electron chi connectivity index (χ1n) is 3.34. The smallest absolute Gasteiger partial charge is 0.134 e. The molecule has 1 rings (SSSR count). The van der Waals surface area contributed by atoms with Crippen molar-refractivity contribution < 1.29 is 8.78 Å². The summed E-state index contributed by atoms with van der Waals surface area (Å²) in [7, 11) is 0. The first-order valence-corrected chi connectivity index (χ1v) is 4.56. The highest BCUT2D eigenvalue weighted by molar-refractivity contribution is 8.07. The molecule has 0 saturated carbocycles. The molecule has 0 spiro atoms. The lowest BCUT2D eigenvalue weighted by molar-refractivity contribution is 0.578. The fourth-order valence-electron chi connectivity index (χ4n) is 0.866. The number of halogens is 2. The van der Waals surface area contributed by atoms with E-state index in [-0.39, 0.29) is 5.56 Å². The van der Waals surface area contributed by atoms with E-state index in [0.717, 1.165) is 0 Å². The molecule has 3 heteroatoms. The van der Waals surface area contributed by atoms with Crippen LogP contribution in [0.15, 0.2) is 24.8 Å². The Morgan fingerprint density at radius 3 is 2.25 bits per heavy atom. The Bertz CT molecular complexity index is 287. The Morgan fingerprint density at radius 1 is 1.33 bits per heavy atom. The van der Waals surface area contributed by atoms with Crippen LogP contribution in [0.4, 0.5) is 8.78 Å². The summed E-state index contributed by atoms with van der Waals surface area (Å²) in [6.07, 6.45) is 1.73. The molecule has 0 saturated heterocycles. The second-order valence-corrected chi connectivity index (χ2v) is 3.13. The average Bonchev–Trinajstić information content (AvgIpc) is 2.03. The lowest BCUT2D eigenvalue weighted by Crippen LogP contribution is -1.90. The topological polar surface area (TPSA) is 0 Å². The Balaban J connectivity index is 3.21. The zero-order chi connectivity index (χ0) is 9.14. The van der Waals surface area contributed by atoms with E-state index in [1.54, 1.807) is 6.26 Å². The van der Waals surface area contributed by atoms with E-state index in [9.17, 15) is 8.78 Å². The predicted octanol–water partition coefficient (Wildman–Crippen LogP) is 3.30. The van der Waals surface area contributed by atoms with Gasteiger partial charge in [-0.3, -0.25) is 0 Å². The zero-order valence-electron chi connectivity index (χ0n) is 6.60. The van der Waals surface area contributed by atoms with Crippen molar-refractivity contribution in [3.63, 3.8) is 0 Å². The maximum atomic E-state index is 13.0. The molecular weight excluding hydrogens is 178 g/mol. The van der Waals surface area contributed by atoms with Gasteiger partial charge in [-0.05, 0) is 18.4 Å². The standard InChI is InChI=1S/C9H8F2S/c1-6(12-2)9-7(10)4-3-5-8(9)11/h3-5H,1H2,2H3. The number of thioether (sulfide) groups is 1. The van der Waals surface area contributed by atoms with Crippen molar-refractivity contribution >= 4 is 16.7 Å². The van der Waals surface area contributed by atoms with Gasteiger partial charge in [0.1, 0.15) is 11.6 Å². The maximum absolute atomic E-state index is 13.0. The molecule has 0 N–H and O–H groups in total. The van der Waals surface area contributed by atoms with Gasteiger partial charge in [0.25, 0.3) is 0 Å². The van der Waals surface area contributed by atoms with Crippen LogP contribution in [0.25, 0.3) is 4.91 Å². The molecule has 0 aliphatic carbocycles. The summed E-state index contributed by atoms with van der Waals surface area (Å²) in [5.41, 5.74) is -0.0231. The third-order valence-corrected chi connectivity index (χ3v) is 2.18. The molecule has 0 amide bonds. The van der Waals surface area contributed by atoms with Crippen LogP contribution < -0.4 is 0 Å². The number of rotatable bonds is 2. The van der Waals surface area contributed by atoms with Gasteiger partial charge in [-0.1, -0.05) is 12.6 Å². The molecule has 12 heavy (non-hydrogen) atoms. The fourth-order valence-corrected chi connectivity index (χ4v) is 1.27. The molecule has 0 aromatic heterocycles. The van der Waals surface area contributed by atoms with Crippen LogP contribution in [0.1, 0.15) is 5.56 Å². The molecule has 0 fully saturated rings. The summed E-state index contributed by atoms with van der Waals surface area (Å²) in [6.45, 7) is 3.55. The minimum absolute atomic E-state index is 0.0231. The normalized spacial score (nSPS) is 9.92. The average molecular weight is 186 g/mol. The minimum Gasteiger partial charge on any atom is -0.206 e. The Morgan fingerprint density at radius 2 is 1.83 bits per heavy atom. The van der Waals surface area contributed by atoms with Crippen molar-refractivity contribution in [3.8, 4) is 0 Å². The lowest BCUT2D eigenvalue weighted by atomic mass is 10.2. The number of hydrogen-bond acceptors (Lipinski definition) is 1. The first kappa shape index (κ1) is 9.26. The minimum atomic E-state index is -0.561. The highest BCUT2D eigenvalue weighted by atomic mass is 32.2. The van der Waals surface area contributed by atoms with Crippen LogP contribution in [0.2, 0.25) is 0 Å². The molecular formula is C9H8F2S. The van der Waals surface area contributed by atoms with E-state index < -0.39 is 11.6 Å². The van der Waals surface area contributed by atoms with Gasteiger partial charge in [0.2, 0.25) is 0 Å². The highest BCUT2D eigenvalue weighted by Crippen LogP contribution is 2.27. The molecule has 64 valence electrons. The molecule has 0 radical (unpaired) electrons. The van der Waals surface area contributed by atoms with Crippen LogP contribution in [0.5, 0.6) is 0 Å². The zero-order valence-corrected chi connectivity index (χ0v) is 7.42. The van der Waals surface area contributed by atoms with Crippen molar-refractivity contribution in [2.45, 2.75) is 0 Å². The molecule has 0 atom stereocenters. The highest BCUT2D eigenvalue weighted by Gasteiger charge is 2.10. The summed E-state index contributed by atoms with van der Waals surface area (Å²) in [6, 6.07) is 3.78. The van der Waals surface area contributed by atoms with E-state index >= 15 is 0 Å². The number of hydrogen-bond donors (Lipinski definition) is 0. The van der Waals surface area contributed by atoms with Gasteiger partial charge in [-0.25, -0.2) is 8.78 Å². The van der Waals surface area contributed by atoms with Crippen LogP contribution >= 0.6 is 11.8 Å². The van der Waals surface area contributed by atoms with Crippen molar-refractivity contribution in [2.24, 2.45) is 0 Å². The van der Waals surface area contributed by atoms with Gasteiger partial charge in [0.15, 0.2) is 0 Å². The van der Waals surface area contributed by atoms with E-state index in [4.69, 9.17) is 0 Å². The third-order valence-electron chi connectivity index (χ3n) is 1.49. The van der Waals surface area contributed by atoms with E-state index in [1.165, 1.54) is 30.0 Å². The van der Waals surface area contributed by atoms with Gasteiger partial charge in [0, 0.05) is 4.91 Å². The molecule has 0 heterocycles. The summed E-state index contributed by atoms with van der Waals surface area (Å²) in [4.78, 5) is 0.408. The first-order chi connectivity index (χ1) is 5.66. The summed E-state index contributed by atoms with van der Waals surface area (Å²) in [5.74, 6) is -1.12. The van der Waals surface area contributed by atoms with E-state index in [0.29, 0.717) is 4.91 Å². The predicted molar refractivity (Wildman–Crippen MR) is 48.9 cm³/mol. The quantitative estimate of drug-likeness (QED) is 0.682. The van der Waals surface area contributed by atoms with Gasteiger partial charge in [-0.2, -0.15) is 0 Å². The molecule has 0 aliphatic rings. The summed E-state index contributed by atoms with van der Waals surface area (Å²) in [5, 5.41) is 0. The Labute approximate surface area is 74.3 Å². The molecule has 0 nitrogen and oxygen atoms in total. The van der Waals surface area contributed by atoms with Gasteiger partial charge >= 0.3 is 0 Å². The molecule has 0 unspecified atom stereocenters. The van der Waals surface area contributed by atoms with E-state index in [2.05, 4.69) is 6.58 Å². The monoisotopic (exact) mass is 186 g/mol. The summed E-state index contributed by atoms with van der Waals surface area (Å²) < 4.78 is 25.9. The van der Waals surface area contributed by atoms with Gasteiger partial charge in [0.05, 0.1) is 5.56 Å². The van der Waals surface area contributed by atoms with Crippen molar-refractivity contribution in [1.29, 1.82) is 0 Å². The second-order valence-electron chi connectivity index (χ2n) is 2.22. The van der Waals surface area contributed by atoms with Crippen molar-refractivity contribution in [2.75, 3.05) is 6.26 Å². The van der Waals surface area contributed by atoms with Gasteiger partial charge < -0.3 is 0 Å². The maximum Gasteiger partial charge on any atom is 0.134 e. The van der Waals surface area contributed by atoms with Crippen LogP contribution in [-0.4, -0.2) is 6.26 Å². The van der Waals surface area contributed by atoms with Crippen molar-refractivity contribution in [1.82, 2.24) is 0 Å². The molecule has 1 aromatic carbocycles. The SMILES string of the molecule is C=C(SC)c1c(F)cccc1F. The Hall–Kier alpha value is -0.830. The van der Waals surface area contributed by atoms with Crippen LogP contribution in [0.3, 0.4) is 0 Å². The fraction of sp³-hybridized carbons (Fsp3) is 0.111. The van der Waals surface area contributed by atoms with Crippen molar-refractivity contribution in [3.05, 3.63) is 42.0 Å². The summed E-state index contributed by atoms with van der Waals surface area (Å²) >= 11 is 1.23. The lowest BCUT2D eigenvalue weighted by Gasteiger charge is -2.04. The molecule has 1 aromatic rings. The Kier molecular flexibility index (Phi) is 2.87. The van der Waals surface area contributed by atoms with Crippen LogP contribution in [-0.2, 0) is 0 Å². The van der Waals surface area contributed by atoms with Crippen LogP contribution in [0, 0.1) is 11.6 Å². The van der Waals surface area contributed by atoms with E-state index in [1.807, 2.05) is 0 Å². The molecule has 0 aliphatic heterocycles. The van der Waals surface area contributed by atoms with Gasteiger partial charge in [-0.15, -0.1) is 11.8 Å². The largest absolute Gasteiger partial charge is 0.206 e. The number of benzene rings is 1. The second kappa shape index (κ2) is 3.72.